The van der Waals surface area contributed by atoms with Crippen molar-refractivity contribution in [3.05, 3.63) is 228 Å². The molecule has 1 spiro atoms. The summed E-state index contributed by atoms with van der Waals surface area (Å²) in [5.74, 6) is 0. The van der Waals surface area contributed by atoms with Crippen LogP contribution in [-0.4, -0.2) is 0 Å². The standard InChI is InChI=1S/C66H44/c1-37-32-42-13-11-19-50-53(34-43-14-10-17-44(37)63(43)64(42)50)41-25-28-49-55-33-40-12-9-18-45(46-27-22-38-24-30-52-56(65(2,3)4)31-26-39-23-29-51(46)61(38)62(39)52)54(40)36-60(55)66(59(49)35-41)57-20-7-5-15-47(57)48-16-6-8-21-58(48)66/h5-36H,1-4H3. The van der Waals surface area contributed by atoms with Crippen LogP contribution in [-0.2, 0) is 10.8 Å². The van der Waals surface area contributed by atoms with E-state index in [1.807, 2.05) is 0 Å². The molecule has 66 heavy (non-hydrogen) atoms. The first-order valence-corrected chi connectivity index (χ1v) is 23.6. The molecule has 0 heterocycles. The van der Waals surface area contributed by atoms with Crippen molar-refractivity contribution >= 4 is 75.4 Å². The van der Waals surface area contributed by atoms with E-state index in [2.05, 4.69) is 222 Å². The molecule has 13 aromatic rings. The van der Waals surface area contributed by atoms with Gasteiger partial charge in [-0.25, -0.2) is 0 Å². The minimum Gasteiger partial charge on any atom is -0.0619 e. The number of rotatable bonds is 2. The molecule has 13 aromatic carbocycles. The Labute approximate surface area is 384 Å². The Bertz CT molecular complexity index is 4220. The Morgan fingerprint density at radius 2 is 0.818 bits per heavy atom. The van der Waals surface area contributed by atoms with Crippen molar-refractivity contribution in [3.8, 4) is 44.5 Å². The lowest BCUT2D eigenvalue weighted by Crippen LogP contribution is -2.26. The van der Waals surface area contributed by atoms with Crippen LogP contribution in [0.15, 0.2) is 194 Å². The van der Waals surface area contributed by atoms with Crippen LogP contribution in [0.1, 0.15) is 54.2 Å². The van der Waals surface area contributed by atoms with Crippen LogP contribution in [0.3, 0.4) is 0 Å². The number of benzene rings is 13. The molecule has 0 radical (unpaired) electrons. The van der Waals surface area contributed by atoms with Crippen LogP contribution in [0.4, 0.5) is 0 Å². The molecule has 0 fully saturated rings. The topological polar surface area (TPSA) is 0 Å². The van der Waals surface area contributed by atoms with Crippen molar-refractivity contribution in [2.24, 2.45) is 0 Å². The number of hydrogen-bond donors (Lipinski definition) is 0. The van der Waals surface area contributed by atoms with Crippen molar-refractivity contribution in [3.63, 3.8) is 0 Å². The van der Waals surface area contributed by atoms with E-state index in [1.165, 1.54) is 153 Å². The van der Waals surface area contributed by atoms with E-state index < -0.39 is 5.41 Å². The molecular weight excluding hydrogens is 793 g/mol. The van der Waals surface area contributed by atoms with Gasteiger partial charge in [-0.1, -0.05) is 191 Å². The quantitative estimate of drug-likeness (QED) is 0.152. The van der Waals surface area contributed by atoms with Crippen LogP contribution in [0, 0.1) is 6.92 Å². The maximum absolute atomic E-state index is 2.59. The maximum atomic E-state index is 2.59. The van der Waals surface area contributed by atoms with E-state index in [0.29, 0.717) is 0 Å². The van der Waals surface area contributed by atoms with Crippen LogP contribution >= 0.6 is 0 Å². The van der Waals surface area contributed by atoms with Gasteiger partial charge in [0.25, 0.3) is 0 Å². The molecule has 0 aromatic heterocycles. The summed E-state index contributed by atoms with van der Waals surface area (Å²) in [5.41, 5.74) is 18.1. The van der Waals surface area contributed by atoms with Gasteiger partial charge in [0.1, 0.15) is 0 Å². The van der Waals surface area contributed by atoms with Gasteiger partial charge in [0.2, 0.25) is 0 Å². The third-order valence-corrected chi connectivity index (χ3v) is 16.0. The third kappa shape index (κ3) is 4.49. The van der Waals surface area contributed by atoms with Crippen LogP contribution in [0.25, 0.3) is 120 Å². The summed E-state index contributed by atoms with van der Waals surface area (Å²) in [6.07, 6.45) is 0. The fraction of sp³-hybridized carbons (Fsp3) is 0.0909. The summed E-state index contributed by atoms with van der Waals surface area (Å²) in [6, 6.07) is 75.3. The predicted octanol–water partition coefficient (Wildman–Crippen LogP) is 17.9. The lowest BCUT2D eigenvalue weighted by Gasteiger charge is -2.31. The van der Waals surface area contributed by atoms with Gasteiger partial charge < -0.3 is 0 Å². The first kappa shape index (κ1) is 36.5. The Morgan fingerprint density at radius 3 is 1.59 bits per heavy atom. The monoisotopic (exact) mass is 836 g/mol. The fourth-order valence-corrected chi connectivity index (χ4v) is 13.3. The van der Waals surface area contributed by atoms with Crippen molar-refractivity contribution in [2.45, 2.75) is 38.5 Å². The molecule has 0 unspecified atom stereocenters. The second-order valence-corrected chi connectivity index (χ2v) is 20.3. The molecular formula is C66H44. The molecule has 0 N–H and O–H groups in total. The van der Waals surface area contributed by atoms with Gasteiger partial charge in [-0.2, -0.15) is 0 Å². The highest BCUT2D eigenvalue weighted by Gasteiger charge is 2.52. The molecule has 0 nitrogen and oxygen atoms in total. The highest BCUT2D eigenvalue weighted by molar-refractivity contribution is 6.28. The minimum atomic E-state index is -0.503. The first-order chi connectivity index (χ1) is 32.3. The lowest BCUT2D eigenvalue weighted by molar-refractivity contribution is 0.596. The molecule has 0 atom stereocenters. The van der Waals surface area contributed by atoms with E-state index in [0.717, 1.165) is 0 Å². The summed E-state index contributed by atoms with van der Waals surface area (Å²) in [7, 11) is 0. The fourth-order valence-electron chi connectivity index (χ4n) is 13.3. The average molecular weight is 837 g/mol. The Kier molecular flexibility index (Phi) is 6.92. The maximum Gasteiger partial charge on any atom is 0.0725 e. The normalized spacial score (nSPS) is 13.9. The Balaban J connectivity index is 1.02. The van der Waals surface area contributed by atoms with Gasteiger partial charge in [0.05, 0.1) is 5.41 Å². The van der Waals surface area contributed by atoms with E-state index in [9.17, 15) is 0 Å². The third-order valence-electron chi connectivity index (χ3n) is 16.0. The van der Waals surface area contributed by atoms with Crippen molar-refractivity contribution in [1.29, 1.82) is 0 Å². The summed E-state index contributed by atoms with van der Waals surface area (Å²) < 4.78 is 0. The van der Waals surface area contributed by atoms with E-state index in [4.69, 9.17) is 0 Å². The molecule has 0 saturated heterocycles. The number of fused-ring (bicyclic) bond motifs is 11. The van der Waals surface area contributed by atoms with Crippen molar-refractivity contribution in [2.75, 3.05) is 0 Å². The number of hydrogen-bond acceptors (Lipinski definition) is 0. The molecule has 2 aliphatic carbocycles. The van der Waals surface area contributed by atoms with Crippen molar-refractivity contribution in [1.82, 2.24) is 0 Å². The molecule has 0 bridgehead atoms. The predicted molar refractivity (Wildman–Crippen MR) is 282 cm³/mol. The summed E-state index contributed by atoms with van der Waals surface area (Å²) in [4.78, 5) is 0. The van der Waals surface area contributed by atoms with E-state index in [-0.39, 0.29) is 5.41 Å². The van der Waals surface area contributed by atoms with Gasteiger partial charge in [-0.05, 0) is 190 Å². The zero-order chi connectivity index (χ0) is 43.8. The van der Waals surface area contributed by atoms with Crippen molar-refractivity contribution < 1.29 is 0 Å². The first-order valence-electron chi connectivity index (χ1n) is 23.6. The Hall–Kier alpha value is -7.80. The zero-order valence-electron chi connectivity index (χ0n) is 37.5. The van der Waals surface area contributed by atoms with E-state index in [1.54, 1.807) is 0 Å². The average Bonchev–Trinajstić information content (AvgIpc) is 3.80. The second kappa shape index (κ2) is 12.5. The van der Waals surface area contributed by atoms with Gasteiger partial charge in [-0.3, -0.25) is 0 Å². The molecule has 2 aliphatic rings. The summed E-state index contributed by atoms with van der Waals surface area (Å²) in [5, 5.41) is 18.6. The van der Waals surface area contributed by atoms with Crippen LogP contribution in [0.5, 0.6) is 0 Å². The number of aryl methyl sites for hydroxylation is 1. The summed E-state index contributed by atoms with van der Waals surface area (Å²) >= 11 is 0. The molecule has 308 valence electrons. The highest BCUT2D eigenvalue weighted by Crippen LogP contribution is 2.64. The zero-order valence-corrected chi connectivity index (χ0v) is 37.5. The SMILES string of the molecule is Cc1cc2cccc3c(-c4ccc5c(c4)C4(c6ccccc6-c6ccccc64)c4cc6c(-c7ccc8ccc9c(C(C)(C)C)ccc%10ccc7c8c%109)cccc6cc4-5)cc4cccc1c4c23. The lowest BCUT2D eigenvalue weighted by atomic mass is 9.70. The van der Waals surface area contributed by atoms with Gasteiger partial charge >= 0.3 is 0 Å². The molecule has 15 rings (SSSR count). The molecule has 0 saturated carbocycles. The van der Waals surface area contributed by atoms with Gasteiger partial charge in [0, 0.05) is 0 Å². The molecule has 0 amide bonds. The molecule has 0 heteroatoms. The molecule has 0 aliphatic heterocycles. The van der Waals surface area contributed by atoms with E-state index >= 15 is 0 Å². The summed E-state index contributed by atoms with van der Waals surface area (Å²) in [6.45, 7) is 9.25. The second-order valence-electron chi connectivity index (χ2n) is 20.3. The van der Waals surface area contributed by atoms with Gasteiger partial charge in [-0.15, -0.1) is 0 Å². The van der Waals surface area contributed by atoms with Crippen LogP contribution < -0.4 is 0 Å². The largest absolute Gasteiger partial charge is 0.0725 e. The minimum absolute atomic E-state index is 0.0353. The van der Waals surface area contributed by atoms with Crippen LogP contribution in [0.2, 0.25) is 0 Å². The smallest absolute Gasteiger partial charge is 0.0619 e. The highest BCUT2D eigenvalue weighted by atomic mass is 14.5. The Morgan fingerprint density at radius 1 is 0.303 bits per heavy atom. The van der Waals surface area contributed by atoms with Gasteiger partial charge in [0.15, 0.2) is 0 Å².